The van der Waals surface area contributed by atoms with Crippen molar-refractivity contribution in [1.82, 2.24) is 20.4 Å². The van der Waals surface area contributed by atoms with Crippen LogP contribution in [0.1, 0.15) is 24.9 Å². The van der Waals surface area contributed by atoms with Crippen LogP contribution >= 0.6 is 0 Å². The second-order valence-electron chi connectivity index (χ2n) is 5.48. The molecule has 1 atom stereocenters. The van der Waals surface area contributed by atoms with E-state index in [1.54, 1.807) is 0 Å². The number of nitrogens with zero attached hydrogens (tertiary/aromatic N) is 4. The lowest BCUT2D eigenvalue weighted by molar-refractivity contribution is 0.249. The molecule has 3 rings (SSSR count). The van der Waals surface area contributed by atoms with Crippen LogP contribution in [0.3, 0.4) is 0 Å². The van der Waals surface area contributed by atoms with Crippen LogP contribution in [-0.4, -0.2) is 26.7 Å². The van der Waals surface area contributed by atoms with Gasteiger partial charge in [-0.25, -0.2) is 14.9 Å². The monoisotopic (exact) mass is 322 g/mol. The molecule has 3 aromatic rings. The zero-order chi connectivity index (χ0) is 16.9. The second-order valence-corrected chi connectivity index (χ2v) is 5.48. The molecule has 0 aliphatic heterocycles. The molecular formula is C17H18N6O. The van der Waals surface area contributed by atoms with Crippen molar-refractivity contribution in [2.45, 2.75) is 19.4 Å². The topological polar surface area (TPSA) is 98.2 Å². The summed E-state index contributed by atoms with van der Waals surface area (Å²) in [6.07, 6.45) is 0.567. The Kier molecular flexibility index (Phi) is 4.51. The van der Waals surface area contributed by atoms with Crippen molar-refractivity contribution in [3.05, 3.63) is 60.2 Å². The van der Waals surface area contributed by atoms with Crippen molar-refractivity contribution in [1.29, 1.82) is 0 Å². The molecule has 0 aliphatic rings. The first-order valence-electron chi connectivity index (χ1n) is 7.58. The van der Waals surface area contributed by atoms with Gasteiger partial charge < -0.3 is 5.73 Å². The number of para-hydroxylation sites is 1. The minimum Gasteiger partial charge on any atom is -0.350 e. The number of amides is 2. The van der Waals surface area contributed by atoms with E-state index in [1.807, 2.05) is 66.2 Å². The summed E-state index contributed by atoms with van der Waals surface area (Å²) in [4.78, 5) is 10.8. The maximum absolute atomic E-state index is 10.8. The largest absolute Gasteiger partial charge is 0.350 e. The van der Waals surface area contributed by atoms with E-state index in [9.17, 15) is 4.79 Å². The molecule has 1 aromatic heterocycles. The Labute approximate surface area is 139 Å². The molecule has 2 aromatic carbocycles. The molecule has 7 nitrogen and oxygen atoms in total. The van der Waals surface area contributed by atoms with E-state index in [1.165, 1.54) is 0 Å². The third kappa shape index (κ3) is 3.40. The maximum Gasteiger partial charge on any atom is 0.332 e. The van der Waals surface area contributed by atoms with Gasteiger partial charge in [-0.2, -0.15) is 5.10 Å². The van der Waals surface area contributed by atoms with Crippen molar-refractivity contribution in [2.75, 3.05) is 0 Å². The number of hydrogen-bond donors (Lipinski definition) is 2. The summed E-state index contributed by atoms with van der Waals surface area (Å²) in [6.45, 7) is 1.84. The van der Waals surface area contributed by atoms with Crippen LogP contribution in [0.5, 0.6) is 0 Å². The van der Waals surface area contributed by atoms with Crippen LogP contribution < -0.4 is 11.2 Å². The summed E-state index contributed by atoms with van der Waals surface area (Å²) in [5, 5.41) is 12.6. The molecule has 0 saturated carbocycles. The summed E-state index contributed by atoms with van der Waals surface area (Å²) < 4.78 is 1.88. The molecule has 3 N–H and O–H groups in total. The van der Waals surface area contributed by atoms with Gasteiger partial charge >= 0.3 is 6.03 Å². The summed E-state index contributed by atoms with van der Waals surface area (Å²) in [5.74, 6) is 0. The van der Waals surface area contributed by atoms with E-state index >= 15 is 0 Å². The summed E-state index contributed by atoms with van der Waals surface area (Å²) in [5.41, 5.74) is 10.9. The second kappa shape index (κ2) is 6.91. The van der Waals surface area contributed by atoms with E-state index in [0.29, 0.717) is 6.42 Å². The summed E-state index contributed by atoms with van der Waals surface area (Å²) in [6, 6.07) is 17.0. The van der Waals surface area contributed by atoms with Gasteiger partial charge in [0.15, 0.2) is 0 Å². The standard InChI is InChI=1S/C17H18N6O/c1-12(19-21-17(18)24)11-16(13-7-3-2-4-8-13)23-15-10-6-5-9-14(15)20-22-23/h2-10,16H,11H2,1H3,(H3,18,21,24)/b19-12+. The minimum atomic E-state index is -0.684. The average molecular weight is 322 g/mol. The van der Waals surface area contributed by atoms with Gasteiger partial charge in [-0.05, 0) is 24.6 Å². The van der Waals surface area contributed by atoms with Crippen LogP contribution in [0.2, 0.25) is 0 Å². The third-order valence-corrected chi connectivity index (χ3v) is 3.70. The van der Waals surface area contributed by atoms with Crippen LogP contribution in [0, 0.1) is 0 Å². The molecule has 0 radical (unpaired) electrons. The lowest BCUT2D eigenvalue weighted by Gasteiger charge is -2.18. The highest BCUT2D eigenvalue weighted by Gasteiger charge is 2.19. The first-order chi connectivity index (χ1) is 11.6. The number of benzene rings is 2. The average Bonchev–Trinajstić information content (AvgIpc) is 3.02. The van der Waals surface area contributed by atoms with Crippen LogP contribution in [0.25, 0.3) is 11.0 Å². The number of hydrazone groups is 1. The first kappa shape index (κ1) is 15.7. The number of nitrogens with one attached hydrogen (secondary N) is 1. The SMILES string of the molecule is C/C(CC(c1ccccc1)n1nnc2ccccc21)=N\NC(N)=O. The molecule has 7 heteroatoms. The third-order valence-electron chi connectivity index (χ3n) is 3.70. The summed E-state index contributed by atoms with van der Waals surface area (Å²) in [7, 11) is 0. The minimum absolute atomic E-state index is 0.0861. The van der Waals surface area contributed by atoms with Crippen LogP contribution in [0.15, 0.2) is 59.7 Å². The van der Waals surface area contributed by atoms with Crippen molar-refractivity contribution in [3.63, 3.8) is 0 Å². The Bertz CT molecular complexity index is 871. The quantitative estimate of drug-likeness (QED) is 0.557. The Morgan fingerprint density at radius 3 is 2.67 bits per heavy atom. The number of urea groups is 1. The van der Waals surface area contributed by atoms with E-state index < -0.39 is 6.03 Å². The number of nitrogens with two attached hydrogens (primary N) is 1. The van der Waals surface area contributed by atoms with Crippen LogP contribution in [0.4, 0.5) is 4.79 Å². The van der Waals surface area contributed by atoms with Gasteiger partial charge in [0.1, 0.15) is 5.52 Å². The molecule has 0 fully saturated rings. The number of aromatic nitrogens is 3. The molecule has 2 amide bonds. The number of primary amides is 1. The van der Waals surface area contributed by atoms with Gasteiger partial charge in [0, 0.05) is 12.1 Å². The highest BCUT2D eigenvalue weighted by molar-refractivity contribution is 5.84. The molecule has 0 spiro atoms. The molecular weight excluding hydrogens is 304 g/mol. The molecule has 0 bridgehead atoms. The molecule has 122 valence electrons. The Morgan fingerprint density at radius 1 is 1.21 bits per heavy atom. The zero-order valence-corrected chi connectivity index (χ0v) is 13.3. The zero-order valence-electron chi connectivity index (χ0n) is 13.3. The van der Waals surface area contributed by atoms with Crippen molar-refractivity contribution in [2.24, 2.45) is 10.8 Å². The molecule has 1 heterocycles. The fourth-order valence-electron chi connectivity index (χ4n) is 2.61. The first-order valence-corrected chi connectivity index (χ1v) is 7.58. The van der Waals surface area contributed by atoms with Crippen molar-refractivity contribution < 1.29 is 4.79 Å². The predicted octanol–water partition coefficient (Wildman–Crippen LogP) is 2.46. The molecule has 0 aliphatic carbocycles. The number of hydrogen-bond acceptors (Lipinski definition) is 4. The lowest BCUT2D eigenvalue weighted by atomic mass is 10.0. The Hall–Kier alpha value is -3.22. The van der Waals surface area contributed by atoms with E-state index in [2.05, 4.69) is 20.8 Å². The Morgan fingerprint density at radius 2 is 1.92 bits per heavy atom. The van der Waals surface area contributed by atoms with Gasteiger partial charge in [-0.3, -0.25) is 0 Å². The van der Waals surface area contributed by atoms with E-state index in [0.717, 1.165) is 22.3 Å². The van der Waals surface area contributed by atoms with Gasteiger partial charge in [-0.15, -0.1) is 5.10 Å². The van der Waals surface area contributed by atoms with Gasteiger partial charge in [0.25, 0.3) is 0 Å². The highest BCUT2D eigenvalue weighted by Crippen LogP contribution is 2.25. The van der Waals surface area contributed by atoms with Gasteiger partial charge in [-0.1, -0.05) is 47.7 Å². The Balaban J connectivity index is 2.00. The number of carbonyl (C=O) groups is 1. The predicted molar refractivity (Wildman–Crippen MR) is 92.6 cm³/mol. The van der Waals surface area contributed by atoms with Crippen molar-refractivity contribution in [3.8, 4) is 0 Å². The number of carbonyl (C=O) groups excluding carboxylic acids is 1. The smallest absolute Gasteiger partial charge is 0.332 e. The van der Waals surface area contributed by atoms with Gasteiger partial charge in [0.05, 0.1) is 11.6 Å². The normalized spacial score (nSPS) is 13.0. The van der Waals surface area contributed by atoms with E-state index in [-0.39, 0.29) is 6.04 Å². The number of fused-ring (bicyclic) bond motifs is 1. The molecule has 24 heavy (non-hydrogen) atoms. The molecule has 1 unspecified atom stereocenters. The fraction of sp³-hybridized carbons (Fsp3) is 0.176. The summed E-state index contributed by atoms with van der Waals surface area (Å²) >= 11 is 0. The highest BCUT2D eigenvalue weighted by atomic mass is 16.2. The van der Waals surface area contributed by atoms with Crippen LogP contribution in [-0.2, 0) is 0 Å². The number of rotatable bonds is 5. The molecule has 0 saturated heterocycles. The van der Waals surface area contributed by atoms with Crippen molar-refractivity contribution >= 4 is 22.8 Å². The maximum atomic E-state index is 10.8. The van der Waals surface area contributed by atoms with Gasteiger partial charge in [0.2, 0.25) is 0 Å². The van der Waals surface area contributed by atoms with E-state index in [4.69, 9.17) is 5.73 Å². The fourth-order valence-corrected chi connectivity index (χ4v) is 2.61. The lowest BCUT2D eigenvalue weighted by Crippen LogP contribution is -2.26.